The standard InChI is InChI=1S/C70H55N5O.Pt/c1-43-32-33-71-66(34-43)74-62-39-50(30-31-54(62)57-40-58-56-24-17-23-55-53-20-12-13-25-59(53)75(68(55)56)64(58)41-63(57)74)76-65-38-49(29-28-44(65)2)72-42-73(61-27-15-14-26-60(61)72)67-51(45-18-10-9-11-19-45)21-16-22-52(67)46-35-47(69(3,4)5)37-48(36-46)70(6,7)8;/h9-37,40-41H,1-8H3;/q-2;/i2D3;. The van der Waals surface area contributed by atoms with E-state index in [4.69, 9.17) is 13.8 Å². The van der Waals surface area contributed by atoms with E-state index >= 15 is 0 Å². The number of hydrogen-bond donors (Lipinski definition) is 0. The SMILES string of the molecule is [2H]C([2H])([2H])c1ccc(-n2[c](=[Pt])n(-c3c(-c4ccccc4)cccc3-c3cc(C(C)(C)C)cc(C(C)(C)C)c3)c3ccccc32)[c-]c1Oc1[c-]c2c(cc1)c1cc3c4cccc5c6ccccc6n(c3cc1n2-c1cc(C)ccn1)c54. The topological polar surface area (TPSA) is 41.3 Å². The normalized spacial score (nSPS) is 13.2. The first-order valence-corrected chi connectivity index (χ1v) is 27.3. The van der Waals surface area contributed by atoms with E-state index in [0.717, 1.165) is 92.4 Å². The molecule has 7 heteroatoms. The summed E-state index contributed by atoms with van der Waals surface area (Å²) >= 11 is 2.43. The Morgan fingerprint density at radius 2 is 1.17 bits per heavy atom. The molecule has 14 rings (SSSR count). The molecule has 5 aromatic heterocycles. The second-order valence-corrected chi connectivity index (χ2v) is 23.5. The number of para-hydroxylation sites is 5. The van der Waals surface area contributed by atoms with E-state index in [1.54, 1.807) is 6.07 Å². The number of rotatable bonds is 7. The molecule has 0 fully saturated rings. The first kappa shape index (κ1) is 43.9. The van der Waals surface area contributed by atoms with E-state index in [2.05, 4.69) is 250 Å². The molecule has 0 radical (unpaired) electrons. The van der Waals surface area contributed by atoms with E-state index in [9.17, 15) is 0 Å². The minimum atomic E-state index is -2.53. The first-order valence-electron chi connectivity index (χ1n) is 27.7. The summed E-state index contributed by atoms with van der Waals surface area (Å²) in [6.45, 7) is 13.2. The Bertz CT molecular complexity index is 4880. The number of aromatic nitrogens is 5. The molecule has 5 heterocycles. The van der Waals surface area contributed by atoms with Gasteiger partial charge in [0.05, 0.1) is 16.6 Å². The quantitative estimate of drug-likeness (QED) is 0.149. The number of ether oxygens (including phenoxy) is 1. The summed E-state index contributed by atoms with van der Waals surface area (Å²) in [5, 5.41) is 6.81. The number of hydrogen-bond acceptors (Lipinski definition) is 2. The molecule has 0 aliphatic rings. The first-order chi connectivity index (χ1) is 38.4. The van der Waals surface area contributed by atoms with Crippen LogP contribution in [-0.2, 0) is 30.2 Å². The third kappa shape index (κ3) is 7.47. The van der Waals surface area contributed by atoms with E-state index < -0.39 is 6.85 Å². The van der Waals surface area contributed by atoms with Gasteiger partial charge in [-0.3, -0.25) is 0 Å². The summed E-state index contributed by atoms with van der Waals surface area (Å²) in [4.78, 5) is 4.94. The van der Waals surface area contributed by atoms with Crippen molar-refractivity contribution >= 4 is 70.9 Å². The fourth-order valence-corrected chi connectivity index (χ4v) is 12.7. The maximum atomic E-state index is 8.82. The molecule has 0 aliphatic carbocycles. The van der Waals surface area contributed by atoms with Crippen LogP contribution in [-0.4, -0.2) is 23.1 Å². The number of aryl methyl sites for hydroxylation is 2. The smallest absolute Gasteiger partial charge is 0.0459 e. The Labute approximate surface area is 463 Å². The minimum Gasteiger partial charge on any atom is -0.0459 e. The second kappa shape index (κ2) is 17.4. The van der Waals surface area contributed by atoms with Crippen LogP contribution in [0.1, 0.15) is 67.9 Å². The monoisotopic (exact) mass is 1180 g/mol. The molecule has 0 aliphatic heterocycles. The van der Waals surface area contributed by atoms with Gasteiger partial charge < -0.3 is 4.40 Å². The van der Waals surface area contributed by atoms with Gasteiger partial charge >= 0.3 is 356 Å². The summed E-state index contributed by atoms with van der Waals surface area (Å²) in [6.07, 6.45) is 1.84. The Balaban J connectivity index is 0.963. The molecule has 77 heavy (non-hydrogen) atoms. The Kier molecular flexibility index (Phi) is 9.89. The van der Waals surface area contributed by atoms with Gasteiger partial charge in [0.1, 0.15) is 0 Å². The van der Waals surface area contributed by atoms with Gasteiger partial charge in [-0.25, -0.2) is 0 Å². The average molecular weight is 1180 g/mol. The number of imidazole rings is 1. The van der Waals surface area contributed by atoms with Crippen LogP contribution in [0.4, 0.5) is 0 Å². The van der Waals surface area contributed by atoms with Crippen LogP contribution in [0.15, 0.2) is 188 Å². The molecular formula is C70H55N5OPt-2. The van der Waals surface area contributed by atoms with E-state index in [1.807, 2.05) is 30.5 Å². The maximum absolute atomic E-state index is 8.82. The van der Waals surface area contributed by atoms with Crippen molar-refractivity contribution in [2.45, 2.75) is 66.1 Å². The Hall–Kier alpha value is -8.31. The van der Waals surface area contributed by atoms with Crippen LogP contribution < -0.4 is 4.74 Å². The molecule has 0 bridgehead atoms. The number of pyridine rings is 1. The fourth-order valence-electron chi connectivity index (χ4n) is 11.6. The molecule has 14 aromatic rings. The van der Waals surface area contributed by atoms with E-state index in [-0.39, 0.29) is 22.1 Å². The van der Waals surface area contributed by atoms with Crippen molar-refractivity contribution in [3.63, 3.8) is 0 Å². The van der Waals surface area contributed by atoms with Gasteiger partial charge in [-0.05, 0) is 24.6 Å². The van der Waals surface area contributed by atoms with Crippen molar-refractivity contribution in [2.75, 3.05) is 0 Å². The van der Waals surface area contributed by atoms with Crippen molar-refractivity contribution < 1.29 is 28.2 Å². The molecule has 0 N–H and O–H groups in total. The summed E-state index contributed by atoms with van der Waals surface area (Å²) in [5.74, 6) is 1.18. The number of nitrogens with zero attached hydrogens (tertiary/aromatic N) is 5. The van der Waals surface area contributed by atoms with Gasteiger partial charge in [-0.1, -0.05) is 36.4 Å². The Morgan fingerprint density at radius 3 is 1.90 bits per heavy atom. The van der Waals surface area contributed by atoms with Gasteiger partial charge in [0, 0.05) is 27.7 Å². The van der Waals surface area contributed by atoms with Crippen molar-refractivity contribution in [3.05, 3.63) is 226 Å². The van der Waals surface area contributed by atoms with Crippen molar-refractivity contribution in [1.82, 2.24) is 23.1 Å². The van der Waals surface area contributed by atoms with Crippen molar-refractivity contribution in [1.29, 1.82) is 0 Å². The Morgan fingerprint density at radius 1 is 0.519 bits per heavy atom. The molecule has 378 valence electrons. The van der Waals surface area contributed by atoms with Gasteiger partial charge in [-0.15, -0.1) is 0 Å². The van der Waals surface area contributed by atoms with Gasteiger partial charge in [0.25, 0.3) is 0 Å². The zero-order chi connectivity index (χ0) is 55.1. The second-order valence-electron chi connectivity index (χ2n) is 22.5. The van der Waals surface area contributed by atoms with Crippen LogP contribution >= 0.6 is 0 Å². The van der Waals surface area contributed by atoms with Gasteiger partial charge in [0.2, 0.25) is 0 Å². The molecule has 0 saturated heterocycles. The van der Waals surface area contributed by atoms with Crippen molar-refractivity contribution in [2.24, 2.45) is 0 Å². The average Bonchev–Trinajstić information content (AvgIpc) is 3.20. The van der Waals surface area contributed by atoms with Crippen LogP contribution in [0.2, 0.25) is 0 Å². The molecule has 6 nitrogen and oxygen atoms in total. The fraction of sp³-hybridized carbons (Fsp3) is 0.143. The van der Waals surface area contributed by atoms with Crippen molar-refractivity contribution in [3.8, 4) is 50.9 Å². The molecule has 0 atom stereocenters. The molecule has 0 amide bonds. The molecule has 9 aromatic carbocycles. The third-order valence-electron chi connectivity index (χ3n) is 15.5. The number of fused-ring (bicyclic) bond motifs is 10. The van der Waals surface area contributed by atoms with E-state index in [0.29, 0.717) is 11.4 Å². The summed E-state index contributed by atoms with van der Waals surface area (Å²) in [6, 6.07) is 71.1. The number of benzene rings is 9. The van der Waals surface area contributed by atoms with Gasteiger partial charge in [0.15, 0.2) is 0 Å². The van der Waals surface area contributed by atoms with Gasteiger partial charge in [-0.2, -0.15) is 0 Å². The zero-order valence-corrected chi connectivity index (χ0v) is 46.1. The van der Waals surface area contributed by atoms with Crippen LogP contribution in [0.5, 0.6) is 11.5 Å². The van der Waals surface area contributed by atoms with Crippen LogP contribution in [0, 0.1) is 29.7 Å². The molecule has 0 unspecified atom stereocenters. The van der Waals surface area contributed by atoms with Crippen LogP contribution in [0.3, 0.4) is 0 Å². The molecule has 0 spiro atoms. The summed E-state index contributed by atoms with van der Waals surface area (Å²) in [7, 11) is 0. The summed E-state index contributed by atoms with van der Waals surface area (Å²) < 4.78 is 43.2. The predicted octanol–water partition coefficient (Wildman–Crippen LogP) is 18.1. The third-order valence-corrected chi connectivity index (χ3v) is 16.5. The molecule has 0 saturated carbocycles. The summed E-state index contributed by atoms with van der Waals surface area (Å²) in [5.41, 5.74) is 16.6. The minimum absolute atomic E-state index is 0.0423. The predicted molar refractivity (Wildman–Crippen MR) is 315 cm³/mol. The molecular weight excluding hydrogens is 1120 g/mol. The van der Waals surface area contributed by atoms with E-state index in [1.165, 1.54) is 32.8 Å². The van der Waals surface area contributed by atoms with Crippen LogP contribution in [0.25, 0.3) is 110 Å². The zero-order valence-electron chi connectivity index (χ0n) is 46.9.